The van der Waals surface area contributed by atoms with Crippen LogP contribution in [0.25, 0.3) is 0 Å². The summed E-state index contributed by atoms with van der Waals surface area (Å²) in [5, 5.41) is 0.780. The Bertz CT molecular complexity index is 911. The lowest BCUT2D eigenvalue weighted by Gasteiger charge is -2.42. The first-order valence-electron chi connectivity index (χ1n) is 11.5. The minimum absolute atomic E-state index is 0.0633. The molecular formula is C25H38Cl2N2O4S. The van der Waals surface area contributed by atoms with Gasteiger partial charge < -0.3 is 14.4 Å². The predicted molar refractivity (Wildman–Crippen MR) is 141 cm³/mol. The molecule has 3 unspecified atom stereocenters. The predicted octanol–water partition coefficient (Wildman–Crippen LogP) is 6.54. The van der Waals surface area contributed by atoms with Crippen molar-refractivity contribution in [1.29, 1.82) is 0 Å². The number of carbonyl (C=O) groups excluding carboxylic acids is 1. The number of halogens is 2. The van der Waals surface area contributed by atoms with Crippen molar-refractivity contribution in [3.8, 4) is 5.75 Å². The number of amides is 1. The SMILES string of the molecule is C=CCOc1cc(Cl)c(Cl)cc1[C@H](NS(=O)C(C)(C)C)C1CCN(C(=O)OC(C)(C)C)CC1C. The molecule has 0 aromatic heterocycles. The zero-order valence-electron chi connectivity index (χ0n) is 21.2. The Morgan fingerprint density at radius 1 is 1.26 bits per heavy atom. The molecule has 1 fully saturated rings. The normalized spacial score (nSPS) is 21.0. The van der Waals surface area contributed by atoms with Crippen LogP contribution in [0.4, 0.5) is 4.79 Å². The van der Waals surface area contributed by atoms with Gasteiger partial charge >= 0.3 is 6.09 Å². The summed E-state index contributed by atoms with van der Waals surface area (Å²) in [5.74, 6) is 0.727. The lowest BCUT2D eigenvalue weighted by atomic mass is 9.79. The molecule has 0 bridgehead atoms. The third kappa shape index (κ3) is 7.87. The minimum Gasteiger partial charge on any atom is -0.489 e. The van der Waals surface area contributed by atoms with E-state index in [9.17, 15) is 9.00 Å². The van der Waals surface area contributed by atoms with Gasteiger partial charge in [-0.3, -0.25) is 0 Å². The van der Waals surface area contributed by atoms with Crippen LogP contribution < -0.4 is 9.46 Å². The molecule has 1 aromatic carbocycles. The highest BCUT2D eigenvalue weighted by Crippen LogP contribution is 2.42. The fourth-order valence-electron chi connectivity index (χ4n) is 3.89. The fraction of sp³-hybridized carbons (Fsp3) is 0.640. The first-order chi connectivity index (χ1) is 15.6. The number of likely N-dealkylation sites (tertiary alicyclic amines) is 1. The summed E-state index contributed by atoms with van der Waals surface area (Å²) in [6, 6.07) is 3.15. The molecular weight excluding hydrogens is 495 g/mol. The van der Waals surface area contributed by atoms with Crippen LogP contribution >= 0.6 is 23.2 Å². The fourth-order valence-corrected chi connectivity index (χ4v) is 5.10. The molecule has 1 saturated heterocycles. The van der Waals surface area contributed by atoms with Crippen LogP contribution in [0.5, 0.6) is 5.75 Å². The highest BCUT2D eigenvalue weighted by Gasteiger charge is 2.39. The molecule has 1 aromatic rings. The Balaban J connectivity index is 2.41. The summed E-state index contributed by atoms with van der Waals surface area (Å²) in [6.45, 7) is 18.5. The second-order valence-corrected chi connectivity index (χ2v) is 13.5. The average Bonchev–Trinajstić information content (AvgIpc) is 2.70. The van der Waals surface area contributed by atoms with Crippen LogP contribution in [0.15, 0.2) is 24.8 Å². The summed E-state index contributed by atoms with van der Waals surface area (Å²) >= 11 is 12.7. The summed E-state index contributed by atoms with van der Waals surface area (Å²) in [6.07, 6.45) is 2.04. The Hall–Kier alpha value is -1.28. The van der Waals surface area contributed by atoms with E-state index in [-0.39, 0.29) is 24.0 Å². The van der Waals surface area contributed by atoms with Crippen LogP contribution in [0.2, 0.25) is 10.0 Å². The molecule has 34 heavy (non-hydrogen) atoms. The topological polar surface area (TPSA) is 67.9 Å². The standard InChI is InChI=1S/C25H38Cl2N2O4S/c1-9-12-32-21-14-20(27)19(26)13-18(21)22(28-34(31)25(6,7)8)17-10-11-29(15-16(17)2)23(30)33-24(3,4)5/h9,13-14,16-17,22,28H,1,10-12,15H2,2-8H3/t16?,17?,22-,34?/m1/s1. The van der Waals surface area contributed by atoms with Gasteiger partial charge in [-0.05, 0) is 65.9 Å². The second kappa shape index (κ2) is 11.6. The molecule has 1 aliphatic rings. The first-order valence-corrected chi connectivity index (χ1v) is 13.4. The Morgan fingerprint density at radius 3 is 2.41 bits per heavy atom. The highest BCUT2D eigenvalue weighted by molar-refractivity contribution is 7.84. The number of benzene rings is 1. The number of hydrogen-bond donors (Lipinski definition) is 1. The maximum absolute atomic E-state index is 13.2. The van der Waals surface area contributed by atoms with Crippen LogP contribution in [0.3, 0.4) is 0 Å². The van der Waals surface area contributed by atoms with Crippen LogP contribution in [-0.2, 0) is 15.7 Å². The van der Waals surface area contributed by atoms with E-state index in [4.69, 9.17) is 32.7 Å². The van der Waals surface area contributed by atoms with Gasteiger partial charge in [0.25, 0.3) is 0 Å². The smallest absolute Gasteiger partial charge is 0.410 e. The van der Waals surface area contributed by atoms with E-state index >= 15 is 0 Å². The van der Waals surface area contributed by atoms with E-state index in [1.54, 1.807) is 23.1 Å². The van der Waals surface area contributed by atoms with Crippen molar-refractivity contribution in [2.45, 2.75) is 71.3 Å². The van der Waals surface area contributed by atoms with Crippen LogP contribution in [0, 0.1) is 11.8 Å². The van der Waals surface area contributed by atoms with Gasteiger partial charge in [-0.1, -0.05) is 42.8 Å². The third-order valence-corrected chi connectivity index (χ3v) is 7.89. The summed E-state index contributed by atoms with van der Waals surface area (Å²) in [7, 11) is -1.35. The molecule has 1 aliphatic heterocycles. The van der Waals surface area contributed by atoms with Gasteiger partial charge in [0.1, 0.15) is 18.0 Å². The molecule has 6 nitrogen and oxygen atoms in total. The van der Waals surface area contributed by atoms with Gasteiger partial charge in [0.15, 0.2) is 0 Å². The van der Waals surface area contributed by atoms with Crippen molar-refractivity contribution in [1.82, 2.24) is 9.62 Å². The Labute approximate surface area is 216 Å². The molecule has 2 rings (SSSR count). The molecule has 1 heterocycles. The van der Waals surface area contributed by atoms with Crippen molar-refractivity contribution in [3.63, 3.8) is 0 Å². The van der Waals surface area contributed by atoms with Gasteiger partial charge in [0, 0.05) is 24.7 Å². The quantitative estimate of drug-likeness (QED) is 0.404. The second-order valence-electron chi connectivity index (χ2n) is 10.7. The Kier molecular flexibility index (Phi) is 9.91. The molecule has 0 aliphatic carbocycles. The largest absolute Gasteiger partial charge is 0.489 e. The zero-order valence-corrected chi connectivity index (χ0v) is 23.6. The number of hydrogen-bond acceptors (Lipinski definition) is 4. The number of nitrogens with one attached hydrogen (secondary N) is 1. The van der Waals surface area contributed by atoms with Crippen LogP contribution in [-0.4, -0.2) is 45.2 Å². The molecule has 1 N–H and O–H groups in total. The zero-order chi connectivity index (χ0) is 25.8. The molecule has 0 radical (unpaired) electrons. The summed E-state index contributed by atoms with van der Waals surface area (Å²) in [4.78, 5) is 14.4. The number of rotatable bonds is 7. The molecule has 192 valence electrons. The van der Waals surface area contributed by atoms with Crippen molar-refractivity contribution in [3.05, 3.63) is 40.4 Å². The molecule has 1 amide bonds. The lowest BCUT2D eigenvalue weighted by Crippen LogP contribution is -2.49. The maximum Gasteiger partial charge on any atom is 0.410 e. The van der Waals surface area contributed by atoms with Crippen LogP contribution in [0.1, 0.15) is 66.5 Å². The Morgan fingerprint density at radius 2 is 1.88 bits per heavy atom. The van der Waals surface area contributed by atoms with Gasteiger partial charge in [-0.2, -0.15) is 0 Å². The van der Waals surface area contributed by atoms with Gasteiger partial charge in [-0.15, -0.1) is 0 Å². The third-order valence-electron chi connectivity index (χ3n) is 5.59. The molecule has 4 atom stereocenters. The van der Waals surface area contributed by atoms with Gasteiger partial charge in [0.2, 0.25) is 0 Å². The first kappa shape index (κ1) is 29.0. The van der Waals surface area contributed by atoms with E-state index in [1.165, 1.54) is 0 Å². The van der Waals surface area contributed by atoms with Crippen molar-refractivity contribution < 1.29 is 18.5 Å². The maximum atomic E-state index is 13.2. The number of ether oxygens (including phenoxy) is 2. The molecule has 9 heteroatoms. The monoisotopic (exact) mass is 532 g/mol. The number of carbonyl (C=O) groups is 1. The number of nitrogens with zero attached hydrogens (tertiary/aromatic N) is 1. The molecule has 0 spiro atoms. The minimum atomic E-state index is -1.35. The van der Waals surface area contributed by atoms with Crippen molar-refractivity contribution >= 4 is 40.3 Å². The highest BCUT2D eigenvalue weighted by atomic mass is 35.5. The van der Waals surface area contributed by atoms with Gasteiger partial charge in [0.05, 0.1) is 31.8 Å². The average molecular weight is 534 g/mol. The van der Waals surface area contributed by atoms with E-state index < -0.39 is 21.3 Å². The summed E-state index contributed by atoms with van der Waals surface area (Å²) < 4.78 is 27.6. The van der Waals surface area contributed by atoms with E-state index in [1.807, 2.05) is 41.5 Å². The lowest BCUT2D eigenvalue weighted by molar-refractivity contribution is 0.00929. The van der Waals surface area contributed by atoms with Gasteiger partial charge in [-0.25, -0.2) is 13.7 Å². The van der Waals surface area contributed by atoms with Crippen molar-refractivity contribution in [2.24, 2.45) is 11.8 Å². The molecule has 0 saturated carbocycles. The number of piperidine rings is 1. The van der Waals surface area contributed by atoms with E-state index in [2.05, 4.69) is 18.2 Å². The summed E-state index contributed by atoms with van der Waals surface area (Å²) in [5.41, 5.74) is 0.235. The van der Waals surface area contributed by atoms with Crippen molar-refractivity contribution in [2.75, 3.05) is 19.7 Å². The van der Waals surface area contributed by atoms with E-state index in [0.717, 1.165) is 5.56 Å². The van der Waals surface area contributed by atoms with E-state index in [0.29, 0.717) is 41.9 Å².